The van der Waals surface area contributed by atoms with Crippen LogP contribution in [0.5, 0.6) is 0 Å². The molecule has 0 spiro atoms. The predicted octanol–water partition coefficient (Wildman–Crippen LogP) is 2.91. The highest BCUT2D eigenvalue weighted by Gasteiger charge is 2.34. The Morgan fingerprint density at radius 2 is 1.95 bits per heavy atom. The minimum atomic E-state index is -0.255. The molecule has 4 rings (SSSR count). The van der Waals surface area contributed by atoms with Crippen molar-refractivity contribution in [2.45, 2.75) is 25.8 Å². The van der Waals surface area contributed by atoms with Gasteiger partial charge in [0, 0.05) is 18.8 Å². The van der Waals surface area contributed by atoms with Crippen molar-refractivity contribution in [3.05, 3.63) is 66.0 Å². The van der Waals surface area contributed by atoms with Crippen molar-refractivity contribution in [3.63, 3.8) is 0 Å². The first kappa shape index (κ1) is 13.0. The molecule has 0 saturated carbocycles. The van der Waals surface area contributed by atoms with Crippen molar-refractivity contribution in [3.8, 4) is 5.69 Å². The Morgan fingerprint density at radius 3 is 2.77 bits per heavy atom. The Morgan fingerprint density at radius 1 is 1.09 bits per heavy atom. The third-order valence-corrected chi connectivity index (χ3v) is 3.97. The minimum Gasteiger partial charge on any atom is -0.371 e. The van der Waals surface area contributed by atoms with E-state index in [0.29, 0.717) is 6.42 Å². The quantitative estimate of drug-likeness (QED) is 0.788. The highest BCUT2D eigenvalue weighted by molar-refractivity contribution is 5.66. The second kappa shape index (κ2) is 4.66. The van der Waals surface area contributed by atoms with Gasteiger partial charge in [-0.1, -0.05) is 18.2 Å². The Balaban J connectivity index is 1.86. The van der Waals surface area contributed by atoms with Crippen molar-refractivity contribution in [1.29, 1.82) is 0 Å². The summed E-state index contributed by atoms with van der Waals surface area (Å²) in [5.74, 6) is 1.87. The summed E-state index contributed by atoms with van der Waals surface area (Å²) >= 11 is 0. The molecule has 22 heavy (non-hydrogen) atoms. The molecule has 0 atom stereocenters. The van der Waals surface area contributed by atoms with Gasteiger partial charge in [-0.2, -0.15) is 0 Å². The molecule has 5 nitrogen and oxygen atoms in total. The number of anilines is 1. The zero-order valence-electron chi connectivity index (χ0n) is 12.6. The van der Waals surface area contributed by atoms with Gasteiger partial charge >= 0.3 is 0 Å². The van der Waals surface area contributed by atoms with Crippen molar-refractivity contribution in [2.75, 3.05) is 5.32 Å². The summed E-state index contributed by atoms with van der Waals surface area (Å²) in [5.41, 5.74) is 3.08. The van der Waals surface area contributed by atoms with Gasteiger partial charge in [0.25, 0.3) is 0 Å². The van der Waals surface area contributed by atoms with Gasteiger partial charge in [-0.3, -0.25) is 9.55 Å². The number of nitrogens with zero attached hydrogens (tertiary/aromatic N) is 4. The zero-order chi connectivity index (χ0) is 15.2. The van der Waals surface area contributed by atoms with Crippen molar-refractivity contribution >= 4 is 5.69 Å². The SMILES string of the molecule is CC1(C)Nc2ccccc2-n2c(Cc3cccnc3)nnc21. The summed E-state index contributed by atoms with van der Waals surface area (Å²) in [5, 5.41) is 12.4. The molecule has 5 heteroatoms. The smallest absolute Gasteiger partial charge is 0.162 e. The Kier molecular flexibility index (Phi) is 2.76. The molecule has 1 aliphatic rings. The standard InChI is InChI=1S/C17H17N5/c1-17(2)16-21-20-15(10-12-6-5-9-18-11-12)22(16)14-8-4-3-7-13(14)19-17/h3-9,11,19H,10H2,1-2H3. The molecular formula is C17H17N5. The van der Waals surface area contributed by atoms with E-state index >= 15 is 0 Å². The molecule has 1 N–H and O–H groups in total. The lowest BCUT2D eigenvalue weighted by molar-refractivity contribution is 0.534. The minimum absolute atomic E-state index is 0.255. The number of fused-ring (bicyclic) bond motifs is 3. The number of pyridine rings is 1. The van der Waals surface area contributed by atoms with Gasteiger partial charge in [0.05, 0.1) is 16.9 Å². The van der Waals surface area contributed by atoms with Crippen LogP contribution in [0.25, 0.3) is 5.69 Å². The van der Waals surface area contributed by atoms with Crippen LogP contribution in [0.3, 0.4) is 0 Å². The molecule has 0 bridgehead atoms. The maximum Gasteiger partial charge on any atom is 0.162 e. The van der Waals surface area contributed by atoms with E-state index in [1.54, 1.807) is 6.20 Å². The van der Waals surface area contributed by atoms with Gasteiger partial charge in [-0.25, -0.2) is 0 Å². The van der Waals surface area contributed by atoms with E-state index in [2.05, 4.69) is 57.1 Å². The van der Waals surface area contributed by atoms with E-state index in [-0.39, 0.29) is 5.54 Å². The second-order valence-electron chi connectivity index (χ2n) is 6.08. The van der Waals surface area contributed by atoms with Crippen LogP contribution in [0.1, 0.15) is 31.1 Å². The molecule has 0 unspecified atom stereocenters. The summed E-state index contributed by atoms with van der Waals surface area (Å²) in [7, 11) is 0. The van der Waals surface area contributed by atoms with Crippen LogP contribution in [-0.4, -0.2) is 19.7 Å². The topological polar surface area (TPSA) is 55.6 Å². The van der Waals surface area contributed by atoms with Crippen LogP contribution < -0.4 is 5.32 Å². The number of hydrogen-bond acceptors (Lipinski definition) is 4. The molecule has 0 aliphatic carbocycles. The fourth-order valence-electron chi connectivity index (χ4n) is 2.94. The van der Waals surface area contributed by atoms with Gasteiger partial charge in [0.1, 0.15) is 5.82 Å². The fraction of sp³-hybridized carbons (Fsp3) is 0.235. The van der Waals surface area contributed by atoms with E-state index in [1.165, 1.54) is 0 Å². The maximum absolute atomic E-state index is 4.43. The molecule has 3 heterocycles. The average molecular weight is 291 g/mol. The van der Waals surface area contributed by atoms with Crippen LogP contribution in [0, 0.1) is 0 Å². The van der Waals surface area contributed by atoms with Gasteiger partial charge in [-0.15, -0.1) is 10.2 Å². The maximum atomic E-state index is 4.43. The number of nitrogens with one attached hydrogen (secondary N) is 1. The molecule has 0 amide bonds. The van der Waals surface area contributed by atoms with Crippen molar-refractivity contribution in [2.24, 2.45) is 0 Å². The summed E-state index contributed by atoms with van der Waals surface area (Å²) < 4.78 is 2.17. The van der Waals surface area contributed by atoms with Gasteiger partial charge in [0.2, 0.25) is 0 Å². The monoisotopic (exact) mass is 291 g/mol. The predicted molar refractivity (Wildman–Crippen MR) is 85.1 cm³/mol. The molecule has 3 aromatic rings. The third kappa shape index (κ3) is 1.97. The lowest BCUT2D eigenvalue weighted by Gasteiger charge is -2.33. The lowest BCUT2D eigenvalue weighted by atomic mass is 10.00. The number of aromatic nitrogens is 4. The van der Waals surface area contributed by atoms with E-state index in [9.17, 15) is 0 Å². The molecule has 1 aromatic carbocycles. The normalized spacial score (nSPS) is 14.8. The fourth-order valence-corrected chi connectivity index (χ4v) is 2.94. The van der Waals surface area contributed by atoms with E-state index in [1.807, 2.05) is 24.4 Å². The summed E-state index contributed by atoms with van der Waals surface area (Å²) in [6.45, 7) is 4.24. The van der Waals surface area contributed by atoms with Crippen LogP contribution in [0.15, 0.2) is 48.8 Å². The summed E-state index contributed by atoms with van der Waals surface area (Å²) in [6, 6.07) is 12.3. The Hall–Kier alpha value is -2.69. The number of para-hydroxylation sites is 2. The third-order valence-electron chi connectivity index (χ3n) is 3.97. The van der Waals surface area contributed by atoms with Crippen LogP contribution in [0.4, 0.5) is 5.69 Å². The number of benzene rings is 1. The molecule has 0 fully saturated rings. The second-order valence-corrected chi connectivity index (χ2v) is 6.08. The van der Waals surface area contributed by atoms with Crippen molar-refractivity contribution in [1.82, 2.24) is 19.7 Å². The molecule has 1 aliphatic heterocycles. The highest BCUT2D eigenvalue weighted by atomic mass is 15.3. The molecular weight excluding hydrogens is 274 g/mol. The number of rotatable bonds is 2. The zero-order valence-corrected chi connectivity index (χ0v) is 12.6. The first-order valence-electron chi connectivity index (χ1n) is 7.36. The largest absolute Gasteiger partial charge is 0.371 e. The van der Waals surface area contributed by atoms with E-state index < -0.39 is 0 Å². The Labute approximate surface area is 129 Å². The molecule has 0 saturated heterocycles. The van der Waals surface area contributed by atoms with Gasteiger partial charge in [0.15, 0.2) is 5.82 Å². The van der Waals surface area contributed by atoms with E-state index in [0.717, 1.165) is 28.6 Å². The van der Waals surface area contributed by atoms with Gasteiger partial charge in [-0.05, 0) is 37.6 Å². The molecule has 110 valence electrons. The van der Waals surface area contributed by atoms with Crippen molar-refractivity contribution < 1.29 is 0 Å². The highest BCUT2D eigenvalue weighted by Crippen LogP contribution is 2.36. The van der Waals surface area contributed by atoms with Crippen LogP contribution in [-0.2, 0) is 12.0 Å². The Bertz CT molecular complexity index is 820. The van der Waals surface area contributed by atoms with E-state index in [4.69, 9.17) is 0 Å². The molecule has 2 aromatic heterocycles. The lowest BCUT2D eigenvalue weighted by Crippen LogP contribution is -2.36. The first-order valence-corrected chi connectivity index (χ1v) is 7.36. The average Bonchev–Trinajstić information content (AvgIpc) is 2.93. The summed E-state index contributed by atoms with van der Waals surface area (Å²) in [4.78, 5) is 4.18. The van der Waals surface area contributed by atoms with Crippen LogP contribution >= 0.6 is 0 Å². The van der Waals surface area contributed by atoms with Gasteiger partial charge < -0.3 is 5.32 Å². The first-order chi connectivity index (χ1) is 10.6. The number of hydrogen-bond donors (Lipinski definition) is 1. The summed E-state index contributed by atoms with van der Waals surface area (Å²) in [6.07, 6.45) is 4.37. The molecule has 0 radical (unpaired) electrons. The van der Waals surface area contributed by atoms with Crippen LogP contribution in [0.2, 0.25) is 0 Å².